The number of carbonyl (C=O) groups excluding carboxylic acids is 1. The number of benzene rings is 2. The Morgan fingerprint density at radius 1 is 1.28 bits per heavy atom. The Balaban J connectivity index is 1.66. The summed E-state index contributed by atoms with van der Waals surface area (Å²) < 4.78 is 5.16. The standard InChI is InChI=1S/C19H19N3O2S/c1-13-16-9-4-5-10-17(16)21-19(22(13)2)25-12-18(23)20-14-7-6-8-15(11-14)24-3/h4-11H,1,12H2,2-3H3,(H,20,23). The topological polar surface area (TPSA) is 53.9 Å². The maximum atomic E-state index is 12.2. The van der Waals surface area contributed by atoms with Crippen LogP contribution in [0.3, 0.4) is 0 Å². The van der Waals surface area contributed by atoms with Crippen LogP contribution in [0, 0.1) is 0 Å². The Labute approximate surface area is 151 Å². The number of thioether (sulfide) groups is 1. The highest BCUT2D eigenvalue weighted by molar-refractivity contribution is 8.14. The lowest BCUT2D eigenvalue weighted by atomic mass is 10.1. The molecular formula is C19H19N3O2S. The molecule has 0 unspecified atom stereocenters. The molecule has 0 spiro atoms. The largest absolute Gasteiger partial charge is 0.497 e. The van der Waals surface area contributed by atoms with E-state index in [1.807, 2.05) is 54.4 Å². The van der Waals surface area contributed by atoms with Gasteiger partial charge in [0.1, 0.15) is 5.75 Å². The van der Waals surface area contributed by atoms with Gasteiger partial charge in [-0.15, -0.1) is 0 Å². The number of amidine groups is 1. The molecule has 2 aromatic rings. The number of nitrogens with zero attached hydrogens (tertiary/aromatic N) is 2. The molecule has 25 heavy (non-hydrogen) atoms. The molecule has 0 fully saturated rings. The van der Waals surface area contributed by atoms with Crippen LogP contribution in [-0.2, 0) is 4.79 Å². The lowest BCUT2D eigenvalue weighted by molar-refractivity contribution is -0.113. The Kier molecular flexibility index (Phi) is 5.09. The average Bonchev–Trinajstić information content (AvgIpc) is 2.63. The number of aliphatic imine (C=N–C) groups is 1. The van der Waals surface area contributed by atoms with Crippen LogP contribution < -0.4 is 10.1 Å². The lowest BCUT2D eigenvalue weighted by Crippen LogP contribution is -2.26. The van der Waals surface area contributed by atoms with E-state index in [1.165, 1.54) is 11.8 Å². The smallest absolute Gasteiger partial charge is 0.234 e. The van der Waals surface area contributed by atoms with Gasteiger partial charge in [-0.3, -0.25) is 4.79 Å². The van der Waals surface area contributed by atoms with Gasteiger partial charge >= 0.3 is 0 Å². The van der Waals surface area contributed by atoms with E-state index >= 15 is 0 Å². The third kappa shape index (κ3) is 3.85. The fraction of sp³-hybridized carbons (Fsp3) is 0.158. The van der Waals surface area contributed by atoms with E-state index in [-0.39, 0.29) is 11.7 Å². The lowest BCUT2D eigenvalue weighted by Gasteiger charge is -2.28. The predicted molar refractivity (Wildman–Crippen MR) is 104 cm³/mol. The van der Waals surface area contributed by atoms with Gasteiger partial charge < -0.3 is 15.0 Å². The number of anilines is 1. The first-order valence-electron chi connectivity index (χ1n) is 7.76. The van der Waals surface area contributed by atoms with Gasteiger partial charge in [-0.05, 0) is 18.2 Å². The number of rotatable bonds is 4. The van der Waals surface area contributed by atoms with Crippen LogP contribution in [-0.4, -0.2) is 35.9 Å². The van der Waals surface area contributed by atoms with Crippen molar-refractivity contribution >= 4 is 39.9 Å². The average molecular weight is 353 g/mol. The highest BCUT2D eigenvalue weighted by atomic mass is 32.2. The van der Waals surface area contributed by atoms with Crippen molar-refractivity contribution in [1.29, 1.82) is 0 Å². The molecule has 128 valence electrons. The normalized spacial score (nSPS) is 13.1. The minimum atomic E-state index is -0.0983. The quantitative estimate of drug-likeness (QED) is 0.904. The molecule has 6 heteroatoms. The number of methoxy groups -OCH3 is 1. The third-order valence-electron chi connectivity index (χ3n) is 3.81. The Morgan fingerprint density at radius 3 is 2.88 bits per heavy atom. The van der Waals surface area contributed by atoms with Gasteiger partial charge in [-0.1, -0.05) is 42.6 Å². The van der Waals surface area contributed by atoms with E-state index in [0.717, 1.165) is 22.1 Å². The Morgan fingerprint density at radius 2 is 2.08 bits per heavy atom. The van der Waals surface area contributed by atoms with Crippen molar-refractivity contribution in [2.24, 2.45) is 4.99 Å². The number of nitrogens with one attached hydrogen (secondary N) is 1. The second-order valence-electron chi connectivity index (χ2n) is 5.49. The third-order valence-corrected chi connectivity index (χ3v) is 4.84. The second kappa shape index (κ2) is 7.44. The molecule has 3 rings (SSSR count). The summed E-state index contributed by atoms with van der Waals surface area (Å²) in [5, 5.41) is 3.62. The van der Waals surface area contributed by atoms with Crippen LogP contribution in [0.5, 0.6) is 5.75 Å². The molecule has 0 atom stereocenters. The van der Waals surface area contributed by atoms with E-state index in [0.29, 0.717) is 11.4 Å². The Hall–Kier alpha value is -2.73. The first-order valence-corrected chi connectivity index (χ1v) is 8.74. The highest BCUT2D eigenvalue weighted by Gasteiger charge is 2.21. The molecule has 0 bridgehead atoms. The van der Waals surface area contributed by atoms with Crippen LogP contribution in [0.25, 0.3) is 5.70 Å². The van der Waals surface area contributed by atoms with Gasteiger partial charge in [0.2, 0.25) is 5.91 Å². The summed E-state index contributed by atoms with van der Waals surface area (Å²) in [5.41, 5.74) is 3.47. The van der Waals surface area contributed by atoms with Crippen LogP contribution in [0.1, 0.15) is 5.56 Å². The summed E-state index contributed by atoms with van der Waals surface area (Å²) in [4.78, 5) is 18.8. The predicted octanol–water partition coefficient (Wildman–Crippen LogP) is 3.97. The zero-order chi connectivity index (χ0) is 17.8. The van der Waals surface area contributed by atoms with E-state index in [1.54, 1.807) is 13.2 Å². The van der Waals surface area contributed by atoms with Crippen LogP contribution >= 0.6 is 11.8 Å². The number of ether oxygens (including phenoxy) is 1. The van der Waals surface area contributed by atoms with E-state index in [4.69, 9.17) is 4.74 Å². The van der Waals surface area contributed by atoms with Crippen LogP contribution in [0.2, 0.25) is 0 Å². The van der Waals surface area contributed by atoms with Gasteiger partial charge in [0, 0.05) is 30.1 Å². The van der Waals surface area contributed by atoms with Gasteiger partial charge in [0.25, 0.3) is 0 Å². The Bertz CT molecular complexity index is 848. The van der Waals surface area contributed by atoms with Crippen molar-refractivity contribution in [2.75, 3.05) is 25.2 Å². The molecular weight excluding hydrogens is 334 g/mol. The number of hydrogen-bond acceptors (Lipinski definition) is 5. The molecule has 0 saturated heterocycles. The highest BCUT2D eigenvalue weighted by Crippen LogP contribution is 2.34. The fourth-order valence-corrected chi connectivity index (χ4v) is 3.25. The molecule has 1 N–H and O–H groups in total. The van der Waals surface area contributed by atoms with Crippen molar-refractivity contribution in [3.63, 3.8) is 0 Å². The summed E-state index contributed by atoms with van der Waals surface area (Å²) >= 11 is 1.38. The molecule has 1 aliphatic rings. The van der Waals surface area contributed by atoms with Gasteiger partial charge in [-0.2, -0.15) is 0 Å². The van der Waals surface area contributed by atoms with Gasteiger partial charge in [0.15, 0.2) is 5.17 Å². The van der Waals surface area contributed by atoms with Crippen molar-refractivity contribution in [3.05, 3.63) is 60.7 Å². The first-order chi connectivity index (χ1) is 12.1. The molecule has 1 heterocycles. The van der Waals surface area contributed by atoms with Crippen LogP contribution in [0.4, 0.5) is 11.4 Å². The summed E-state index contributed by atoms with van der Waals surface area (Å²) in [7, 11) is 3.50. The van der Waals surface area contributed by atoms with Gasteiger partial charge in [-0.25, -0.2) is 4.99 Å². The monoisotopic (exact) mass is 353 g/mol. The van der Waals surface area contributed by atoms with Crippen molar-refractivity contribution in [2.45, 2.75) is 0 Å². The molecule has 2 aromatic carbocycles. The molecule has 5 nitrogen and oxygen atoms in total. The minimum Gasteiger partial charge on any atom is -0.497 e. The molecule has 1 aliphatic heterocycles. The maximum absolute atomic E-state index is 12.2. The summed E-state index contributed by atoms with van der Waals surface area (Å²) in [6.07, 6.45) is 0. The van der Waals surface area contributed by atoms with Crippen LogP contribution in [0.15, 0.2) is 60.1 Å². The number of fused-ring (bicyclic) bond motifs is 1. The number of hydrogen-bond donors (Lipinski definition) is 1. The molecule has 0 aromatic heterocycles. The van der Waals surface area contributed by atoms with Gasteiger partial charge in [0.05, 0.1) is 18.6 Å². The second-order valence-corrected chi connectivity index (χ2v) is 6.43. The zero-order valence-corrected chi connectivity index (χ0v) is 15.0. The molecule has 0 radical (unpaired) electrons. The van der Waals surface area contributed by atoms with E-state index in [2.05, 4.69) is 16.9 Å². The van der Waals surface area contributed by atoms with Crippen molar-refractivity contribution in [1.82, 2.24) is 4.90 Å². The molecule has 1 amide bonds. The number of carbonyl (C=O) groups is 1. The first kappa shape index (κ1) is 17.1. The van der Waals surface area contributed by atoms with E-state index < -0.39 is 0 Å². The maximum Gasteiger partial charge on any atom is 0.234 e. The number of para-hydroxylation sites is 1. The van der Waals surface area contributed by atoms with E-state index in [9.17, 15) is 4.79 Å². The van der Waals surface area contributed by atoms with Crippen molar-refractivity contribution < 1.29 is 9.53 Å². The fourth-order valence-electron chi connectivity index (χ4n) is 2.45. The van der Waals surface area contributed by atoms with Crippen molar-refractivity contribution in [3.8, 4) is 5.75 Å². The summed E-state index contributed by atoms with van der Waals surface area (Å²) in [6, 6.07) is 15.1. The minimum absolute atomic E-state index is 0.0983. The molecule has 0 aliphatic carbocycles. The number of amides is 1. The SMILES string of the molecule is C=C1c2ccccc2N=C(SCC(=O)Nc2cccc(OC)c2)N1C. The summed E-state index contributed by atoms with van der Waals surface area (Å²) in [5.74, 6) is 0.865. The zero-order valence-electron chi connectivity index (χ0n) is 14.2. The summed E-state index contributed by atoms with van der Waals surface area (Å²) in [6.45, 7) is 4.12. The molecule has 0 saturated carbocycles.